The van der Waals surface area contributed by atoms with Crippen LogP contribution in [0, 0.1) is 5.92 Å². The van der Waals surface area contributed by atoms with Crippen molar-refractivity contribution in [1.82, 2.24) is 9.97 Å². The van der Waals surface area contributed by atoms with Crippen molar-refractivity contribution in [3.63, 3.8) is 0 Å². The predicted octanol–water partition coefficient (Wildman–Crippen LogP) is 3.91. The third kappa shape index (κ3) is 5.59. The summed E-state index contributed by atoms with van der Waals surface area (Å²) < 4.78 is 5.49. The molecule has 1 aromatic heterocycles. The molecule has 1 aliphatic rings. The molecular weight excluding hydrogens is 448 g/mol. The maximum Gasteiger partial charge on any atom is 0.253 e. The van der Waals surface area contributed by atoms with Gasteiger partial charge in [0.2, 0.25) is 11.9 Å². The number of anilines is 6. The summed E-state index contributed by atoms with van der Waals surface area (Å²) in [6.07, 6.45) is 5.56. The molecule has 1 fully saturated rings. The topological polar surface area (TPSA) is 134 Å². The largest absolute Gasteiger partial charge is 0.494 e. The molecule has 0 aliphatic heterocycles. The normalized spacial score (nSPS) is 14.1. The summed E-state index contributed by atoms with van der Waals surface area (Å²) in [6.45, 7) is 5.71. The van der Waals surface area contributed by atoms with Crippen molar-refractivity contribution in [3.8, 4) is 5.75 Å². The van der Waals surface area contributed by atoms with Gasteiger partial charge in [-0.2, -0.15) is 4.98 Å². The second kappa shape index (κ2) is 9.73. The Hall–Kier alpha value is -3.95. The summed E-state index contributed by atoms with van der Waals surface area (Å²) in [5, 5.41) is 12.0. The Bertz CT molecular complexity index is 1300. The first-order valence-electron chi connectivity index (χ1n) is 11.6. The van der Waals surface area contributed by atoms with Crippen LogP contribution in [0.1, 0.15) is 46.5 Å². The van der Waals surface area contributed by atoms with Crippen LogP contribution in [0.15, 0.2) is 40.1 Å². The number of rotatable bonds is 8. The van der Waals surface area contributed by atoms with Crippen LogP contribution in [0.3, 0.4) is 0 Å². The zero-order valence-electron chi connectivity index (χ0n) is 20.3. The van der Waals surface area contributed by atoms with Gasteiger partial charge in [0.15, 0.2) is 0 Å². The van der Waals surface area contributed by atoms with Crippen LogP contribution in [0.5, 0.6) is 5.75 Å². The van der Waals surface area contributed by atoms with Crippen LogP contribution in [-0.2, 0) is 4.79 Å². The van der Waals surface area contributed by atoms with Crippen molar-refractivity contribution < 1.29 is 9.53 Å². The van der Waals surface area contributed by atoms with Gasteiger partial charge in [-0.3, -0.25) is 14.4 Å². The molecule has 10 heteroatoms. The Morgan fingerprint density at radius 2 is 1.74 bits per heavy atom. The Morgan fingerprint density at radius 3 is 2.43 bits per heavy atom. The number of nitrogens with one attached hydrogen (secondary N) is 4. The Morgan fingerprint density at radius 1 is 1.03 bits per heavy atom. The predicted molar refractivity (Wildman–Crippen MR) is 137 cm³/mol. The van der Waals surface area contributed by atoms with Gasteiger partial charge in [0.1, 0.15) is 22.9 Å². The van der Waals surface area contributed by atoms with Gasteiger partial charge in [-0.25, -0.2) is 4.98 Å². The number of carbonyl (C=O) groups is 1. The summed E-state index contributed by atoms with van der Waals surface area (Å²) in [5.74, 6) is 1.22. The molecule has 2 aromatic carbocycles. The van der Waals surface area contributed by atoms with Gasteiger partial charge >= 0.3 is 0 Å². The first kappa shape index (κ1) is 24.2. The summed E-state index contributed by atoms with van der Waals surface area (Å²) in [7, 11) is 1.54. The Labute approximate surface area is 203 Å². The zero-order valence-corrected chi connectivity index (χ0v) is 20.3. The summed E-state index contributed by atoms with van der Waals surface area (Å²) in [4.78, 5) is 45.2. The molecule has 1 saturated carbocycles. The van der Waals surface area contributed by atoms with Gasteiger partial charge in [0.05, 0.1) is 12.8 Å². The lowest BCUT2D eigenvalue weighted by atomic mass is 10.1. The lowest BCUT2D eigenvalue weighted by Crippen LogP contribution is -2.41. The summed E-state index contributed by atoms with van der Waals surface area (Å²) in [5.41, 5.74) is 0.145. The maximum absolute atomic E-state index is 12.4. The molecule has 1 amide bonds. The smallest absolute Gasteiger partial charge is 0.253 e. The van der Waals surface area contributed by atoms with E-state index < -0.39 is 10.9 Å². The highest BCUT2D eigenvalue weighted by Crippen LogP contribution is 2.32. The number of amides is 1. The zero-order chi connectivity index (χ0) is 25.2. The number of carbonyl (C=O) groups excluding carboxylic acids is 1. The van der Waals surface area contributed by atoms with Crippen LogP contribution in [0.2, 0.25) is 0 Å². The molecule has 1 aliphatic carbocycles. The SMILES string of the molecule is COc1cc(NC(=O)C2CCCC2)ccc1Nc1nccc(Nc2c(NC(C)(C)C)c(=O)c2=O)n1. The number of ether oxygens (including phenoxy) is 1. The lowest BCUT2D eigenvalue weighted by Gasteiger charge is -2.24. The summed E-state index contributed by atoms with van der Waals surface area (Å²) >= 11 is 0. The molecule has 184 valence electrons. The molecule has 35 heavy (non-hydrogen) atoms. The number of hydrogen-bond acceptors (Lipinski definition) is 9. The van der Waals surface area contributed by atoms with Crippen LogP contribution >= 0.6 is 0 Å². The molecule has 0 radical (unpaired) electrons. The molecule has 0 spiro atoms. The quantitative estimate of drug-likeness (QED) is 0.355. The first-order valence-corrected chi connectivity index (χ1v) is 11.6. The van der Waals surface area contributed by atoms with Gasteiger partial charge in [-0.1, -0.05) is 12.8 Å². The van der Waals surface area contributed by atoms with Gasteiger partial charge in [0, 0.05) is 29.4 Å². The van der Waals surface area contributed by atoms with Crippen molar-refractivity contribution in [1.29, 1.82) is 0 Å². The molecule has 3 aromatic rings. The highest BCUT2D eigenvalue weighted by Gasteiger charge is 2.25. The van der Waals surface area contributed by atoms with Gasteiger partial charge in [0.25, 0.3) is 10.9 Å². The summed E-state index contributed by atoms with van der Waals surface area (Å²) in [6, 6.07) is 6.90. The fourth-order valence-electron chi connectivity index (χ4n) is 4.05. The molecule has 0 unspecified atom stereocenters. The molecule has 4 rings (SSSR count). The number of nitrogens with zero attached hydrogens (tertiary/aromatic N) is 2. The highest BCUT2D eigenvalue weighted by molar-refractivity contribution is 5.93. The number of hydrogen-bond donors (Lipinski definition) is 4. The van der Waals surface area contributed by atoms with E-state index in [0.29, 0.717) is 22.9 Å². The van der Waals surface area contributed by atoms with Crippen molar-refractivity contribution in [3.05, 3.63) is 50.9 Å². The standard InChI is InChI=1S/C25H30N6O4/c1-25(2,3)31-20-19(21(32)22(20)33)29-18-11-12-26-24(30-18)28-16-10-9-15(13-17(16)35-4)27-23(34)14-7-5-6-8-14/h9-14,31H,5-8H2,1-4H3,(H,27,34)(H2,26,28,29,30). The first-order chi connectivity index (χ1) is 16.6. The van der Waals surface area contributed by atoms with E-state index in [1.807, 2.05) is 20.8 Å². The average Bonchev–Trinajstić information content (AvgIpc) is 3.37. The number of benzene rings is 1. The van der Waals surface area contributed by atoms with Crippen molar-refractivity contribution in [2.75, 3.05) is 28.4 Å². The van der Waals surface area contributed by atoms with Crippen LogP contribution < -0.4 is 36.9 Å². The molecule has 1 heterocycles. The molecule has 4 N–H and O–H groups in total. The molecule has 0 atom stereocenters. The third-order valence-corrected chi connectivity index (χ3v) is 5.76. The van der Waals surface area contributed by atoms with E-state index in [1.165, 1.54) is 13.3 Å². The maximum atomic E-state index is 12.4. The van der Waals surface area contributed by atoms with E-state index in [2.05, 4.69) is 31.2 Å². The minimum atomic E-state index is -0.596. The Balaban J connectivity index is 1.48. The second-order valence-electron chi connectivity index (χ2n) is 9.68. The number of aromatic nitrogens is 2. The van der Waals surface area contributed by atoms with Crippen LogP contribution in [0.4, 0.5) is 34.5 Å². The van der Waals surface area contributed by atoms with Crippen molar-refractivity contribution >= 4 is 40.4 Å². The van der Waals surface area contributed by atoms with Gasteiger partial charge < -0.3 is 26.0 Å². The minimum Gasteiger partial charge on any atom is -0.494 e. The molecular formula is C25H30N6O4. The van der Waals surface area contributed by atoms with E-state index in [1.54, 1.807) is 24.3 Å². The lowest BCUT2D eigenvalue weighted by molar-refractivity contribution is -0.119. The fourth-order valence-corrected chi connectivity index (χ4v) is 4.05. The van der Waals surface area contributed by atoms with Gasteiger partial charge in [-0.15, -0.1) is 0 Å². The Kier molecular flexibility index (Phi) is 6.72. The third-order valence-electron chi connectivity index (χ3n) is 5.76. The second-order valence-corrected chi connectivity index (χ2v) is 9.68. The monoisotopic (exact) mass is 478 g/mol. The minimum absolute atomic E-state index is 0.0334. The fraction of sp³-hybridized carbons (Fsp3) is 0.400. The van der Waals surface area contributed by atoms with Crippen LogP contribution in [0.25, 0.3) is 0 Å². The van der Waals surface area contributed by atoms with Crippen molar-refractivity contribution in [2.45, 2.75) is 52.0 Å². The van der Waals surface area contributed by atoms with Crippen molar-refractivity contribution in [2.24, 2.45) is 5.92 Å². The average molecular weight is 479 g/mol. The highest BCUT2D eigenvalue weighted by atomic mass is 16.5. The molecule has 10 nitrogen and oxygen atoms in total. The molecule has 0 bridgehead atoms. The van der Waals surface area contributed by atoms with E-state index in [-0.39, 0.29) is 34.7 Å². The molecule has 0 saturated heterocycles. The van der Waals surface area contributed by atoms with E-state index in [9.17, 15) is 14.4 Å². The van der Waals surface area contributed by atoms with E-state index in [0.717, 1.165) is 25.7 Å². The van der Waals surface area contributed by atoms with Gasteiger partial charge in [-0.05, 0) is 51.8 Å². The van der Waals surface area contributed by atoms with Crippen LogP contribution in [-0.4, -0.2) is 28.5 Å². The number of methoxy groups -OCH3 is 1. The van der Waals surface area contributed by atoms with E-state index >= 15 is 0 Å². The van der Waals surface area contributed by atoms with E-state index in [4.69, 9.17) is 4.74 Å².